The Labute approximate surface area is 799 Å². The highest BCUT2D eigenvalue weighted by atomic mass is 28.4. The summed E-state index contributed by atoms with van der Waals surface area (Å²) in [6.45, 7) is 92.6. The van der Waals surface area contributed by atoms with Crippen LogP contribution in [0.3, 0.4) is 0 Å². The lowest BCUT2D eigenvalue weighted by atomic mass is 9.77. The van der Waals surface area contributed by atoms with Gasteiger partial charge in [0, 0.05) is 68.4 Å². The molecule has 6 N–H and O–H groups in total. The van der Waals surface area contributed by atoms with Gasteiger partial charge >= 0.3 is 12.1 Å². The van der Waals surface area contributed by atoms with Crippen LogP contribution in [0.15, 0.2) is 0 Å². The van der Waals surface area contributed by atoms with E-state index in [4.69, 9.17) is 65.2 Å². The van der Waals surface area contributed by atoms with Crippen molar-refractivity contribution in [2.45, 2.75) is 542 Å². The second kappa shape index (κ2) is 49.0. The van der Waals surface area contributed by atoms with Crippen molar-refractivity contribution in [3.8, 4) is 0 Å². The zero-order chi connectivity index (χ0) is 102. The molecule has 0 amide bonds. The van der Waals surface area contributed by atoms with Gasteiger partial charge in [-0.05, 0) is 272 Å². The molecule has 5 fully saturated rings. The Kier molecular flexibility index (Phi) is 47.1. The Morgan fingerprint density at radius 3 is 1.38 bits per heavy atom. The van der Waals surface area contributed by atoms with Crippen molar-refractivity contribution in [2.24, 2.45) is 40.4 Å². The monoisotopic (exact) mass is 1920 g/mol. The number of hydrogen-bond donors (Lipinski definition) is 6. The number of aliphatic hydroxyl groups excluding tert-OH is 2. The molecule has 4 unspecified atom stereocenters. The summed E-state index contributed by atoms with van der Waals surface area (Å²) in [5.41, 5.74) is -5.76. The van der Waals surface area contributed by atoms with Gasteiger partial charge in [0.05, 0.1) is 103 Å². The maximum atomic E-state index is 14.9. The summed E-state index contributed by atoms with van der Waals surface area (Å²) in [6, 6.07) is 0.0602. The van der Waals surface area contributed by atoms with Crippen molar-refractivity contribution in [1.82, 2.24) is 19.6 Å². The smallest absolute Gasteiger partial charge is 0.373 e. The molecule has 25 nitrogen and oxygen atoms in total. The third-order valence-corrected chi connectivity index (χ3v) is 49.8. The standard InChI is InChI=1S/C50H100N2O10Si2.C35H74N2O7Si.C15H32O2Si.CO2/c1-25-38-50(17,55)43(61-63(21,22)46(8,9)10)35(6)52(20)30-31(2)28-49(16,54)42(60-39-27-37(51(18)19)26-32(3)56-39)33(4)41(34(5)45(53)58-38)59-40-29-48(14,15)44(36(7)57-40)62-64(23,24)47(11,12)13;1-17-28(38)25(5)31(43-30-20-27(36(12)13)19-24(4)42-30)34(10,40)21-23(3)22-37(14)26(6)32(35(11,41)29(39)18-2)44-45(15,16)33(7,8)9;1-11-10-15(6,7)13(12(2)16-11)17-18(8,9)14(3,4)5;2-1-3/h31-44,54-55H,25-30H2,1-24H3;23-32,38-41H,17-22H2,1-16H3;11-13H,10H2,1-9H3;/t31-,32-,33+,34-,35-,36+,37+,38-,39?,40?,41+,42-,43-,44+,49-,50-;23-,24-,25+,26-,27+,28-,29-,30?,31-,32-,34-,35-;11?,12-,13-;/m110./s1. The Balaban J connectivity index is 0.000000745. The molecular weight excluding hydrogens is 1720 g/mol. The Morgan fingerprint density at radius 2 is 0.969 bits per heavy atom. The first-order valence-electron chi connectivity index (χ1n) is 49.9. The molecule has 5 aliphatic rings. The van der Waals surface area contributed by atoms with Crippen LogP contribution < -0.4 is 0 Å². The van der Waals surface area contributed by atoms with Crippen LogP contribution in [-0.4, -0.2) is 308 Å². The maximum Gasteiger partial charge on any atom is 0.373 e. The van der Waals surface area contributed by atoms with Crippen molar-refractivity contribution in [1.29, 1.82) is 0 Å². The van der Waals surface area contributed by atoms with Gasteiger partial charge in [0.25, 0.3) is 0 Å². The minimum absolute atomic E-state index is 0.0112. The molecule has 0 spiro atoms. The molecule has 0 radical (unpaired) electrons. The molecule has 29 heteroatoms. The van der Waals surface area contributed by atoms with E-state index < -0.39 is 141 Å². The number of nitrogens with zero attached hydrogens (tertiary/aromatic N) is 4. The summed E-state index contributed by atoms with van der Waals surface area (Å²) in [7, 11) is 3.72. The molecule has 0 aliphatic carbocycles. The number of hydrogen-bond acceptors (Lipinski definition) is 25. The average molecular weight is 1930 g/mol. The predicted octanol–water partition coefficient (Wildman–Crippen LogP) is 18.9. The van der Waals surface area contributed by atoms with Crippen molar-refractivity contribution >= 4 is 45.4 Å². The van der Waals surface area contributed by atoms with Gasteiger partial charge < -0.3 is 106 Å². The van der Waals surface area contributed by atoms with Crippen LogP contribution >= 0.6 is 0 Å². The first kappa shape index (κ1) is 125. The Morgan fingerprint density at radius 1 is 0.546 bits per heavy atom. The van der Waals surface area contributed by atoms with Crippen LogP contribution in [0, 0.1) is 40.4 Å². The number of carbonyl (C=O) groups excluding carboxylic acids is 3. The third kappa shape index (κ3) is 34.6. The molecule has 772 valence electrons. The Bertz CT molecular complexity index is 3350. The van der Waals surface area contributed by atoms with Gasteiger partial charge in [-0.1, -0.05) is 159 Å². The third-order valence-electron chi connectivity index (χ3n) is 32.0. The summed E-state index contributed by atoms with van der Waals surface area (Å²) in [5.74, 6) is -2.19. The number of ether oxygens (including phenoxy) is 8. The molecule has 0 saturated carbocycles. The van der Waals surface area contributed by atoms with Crippen molar-refractivity contribution < 1.29 is 101 Å². The Hall–Kier alpha value is -1.12. The molecule has 5 rings (SSSR count). The number of aliphatic hydroxyl groups is 6. The van der Waals surface area contributed by atoms with Crippen LogP contribution in [0.2, 0.25) is 72.5 Å². The number of carbonyl (C=O) groups is 1. The lowest BCUT2D eigenvalue weighted by Gasteiger charge is -2.51. The van der Waals surface area contributed by atoms with Gasteiger partial charge in [-0.25, -0.2) is 0 Å². The van der Waals surface area contributed by atoms with E-state index in [1.807, 2.05) is 69.4 Å². The summed E-state index contributed by atoms with van der Waals surface area (Å²) < 4.78 is 80.6. The lowest BCUT2D eigenvalue weighted by Crippen LogP contribution is -2.63. The van der Waals surface area contributed by atoms with Crippen LogP contribution in [-0.2, 0) is 70.0 Å². The fourth-order valence-corrected chi connectivity index (χ4v) is 25.5. The molecule has 31 atom stereocenters. The minimum Gasteiger partial charge on any atom is -0.459 e. The summed E-state index contributed by atoms with van der Waals surface area (Å²) in [4.78, 5) is 40.0. The van der Waals surface area contributed by atoms with Gasteiger partial charge in [-0.3, -0.25) is 4.79 Å². The average Bonchev–Trinajstić information content (AvgIpc) is 1.56. The topological polar surface area (TPSA) is 296 Å². The molecule has 5 heterocycles. The second-order valence-electron chi connectivity index (χ2n) is 50.1. The molecule has 0 bridgehead atoms. The molecule has 0 aromatic heterocycles. The highest BCUT2D eigenvalue weighted by Crippen LogP contribution is 2.50. The van der Waals surface area contributed by atoms with E-state index in [-0.39, 0.29) is 110 Å². The number of esters is 1. The summed E-state index contributed by atoms with van der Waals surface area (Å²) in [6.07, 6.45) is -0.335. The normalized spacial score (nSPS) is 34.5. The number of rotatable bonds is 30. The van der Waals surface area contributed by atoms with E-state index in [1.165, 1.54) is 0 Å². The van der Waals surface area contributed by atoms with Crippen LogP contribution in [0.25, 0.3) is 0 Å². The zero-order valence-electron chi connectivity index (χ0n) is 92.4. The number of likely N-dealkylation sites (N-methyl/N-ethyl adjacent to an activating group) is 2. The first-order valence-corrected chi connectivity index (χ1v) is 61.5. The van der Waals surface area contributed by atoms with E-state index >= 15 is 0 Å². The van der Waals surface area contributed by atoms with Crippen molar-refractivity contribution in [3.63, 3.8) is 0 Å². The highest BCUT2D eigenvalue weighted by Gasteiger charge is 2.58. The lowest BCUT2D eigenvalue weighted by molar-refractivity contribution is -0.296. The predicted molar refractivity (Wildman–Crippen MR) is 536 cm³/mol. The van der Waals surface area contributed by atoms with Crippen molar-refractivity contribution in [3.05, 3.63) is 0 Å². The van der Waals surface area contributed by atoms with Crippen molar-refractivity contribution in [2.75, 3.05) is 55.4 Å². The maximum absolute atomic E-state index is 14.9. The number of cyclic esters (lactones) is 1. The van der Waals surface area contributed by atoms with E-state index in [0.29, 0.717) is 76.6 Å². The van der Waals surface area contributed by atoms with Crippen LogP contribution in [0.4, 0.5) is 0 Å². The van der Waals surface area contributed by atoms with Gasteiger partial charge in [0.15, 0.2) is 52.1 Å². The fourth-order valence-electron chi connectivity index (χ4n) is 19.6. The van der Waals surface area contributed by atoms with E-state index in [9.17, 15) is 35.4 Å². The van der Waals surface area contributed by atoms with Gasteiger partial charge in [-0.2, -0.15) is 9.59 Å². The quantitative estimate of drug-likeness (QED) is 0.0288. The summed E-state index contributed by atoms with van der Waals surface area (Å²) in [5, 5.41) is 71.3. The fraction of sp³-hybridized carbons (Fsp3) is 0.980. The SMILES string of the molecule is CC1CC(C)(C)[C@@H](O[Si](C)(C)C(C)(C)C)[C@H](C)O1.CC[C@@H](O)[C@H](C)[C@@H](OC1C[C@@H](N(C)C)C[C@@H](C)O1)[C@](C)(O)C[C@@H](C)CN(C)[C@H](C)[C@@H](O[Si](C)(C)C(C)(C)C)[C@](C)(O)[C@H](O)CC.CC[C@H]1OC(=O)[C@H](C)[C@@H](OC2CC(C)(C)[C@@H](O[Si](C)(C)C(C)(C)C)[C@H](C)O2)[C@H](C)[C@@H](OC2C[C@@H](N(C)C)C[C@@H](C)O2)[C@](C)(O)C[C@@H](C)CN(C)[C@H](C)[C@@H](O[Si](C)(C)C(C)(C)C)[C@]1(C)O.O=C=O. The van der Waals surface area contributed by atoms with E-state index in [0.717, 1.165) is 19.3 Å². The minimum atomic E-state index is -2.46. The van der Waals surface area contributed by atoms with Gasteiger partial charge in [-0.15, -0.1) is 0 Å². The van der Waals surface area contributed by atoms with E-state index in [1.54, 1.807) is 13.8 Å². The molecule has 5 aliphatic heterocycles. The van der Waals surface area contributed by atoms with Gasteiger partial charge in [0.2, 0.25) is 0 Å². The van der Waals surface area contributed by atoms with E-state index in [2.05, 4.69) is 273 Å². The molecule has 130 heavy (non-hydrogen) atoms. The zero-order valence-corrected chi connectivity index (χ0v) is 96.4. The molecular formula is C101H206N4O21Si4. The molecule has 0 aromatic rings. The second-order valence-corrected chi connectivity index (χ2v) is 69.1. The molecule has 5 saturated heterocycles. The summed E-state index contributed by atoms with van der Waals surface area (Å²) >= 11 is 0. The van der Waals surface area contributed by atoms with Gasteiger partial charge in [0.1, 0.15) is 17.3 Å². The molecule has 0 aromatic carbocycles. The largest absolute Gasteiger partial charge is 0.459 e. The van der Waals surface area contributed by atoms with Crippen LogP contribution in [0.1, 0.15) is 313 Å². The highest BCUT2D eigenvalue weighted by molar-refractivity contribution is 6.75. The van der Waals surface area contributed by atoms with Crippen LogP contribution in [0.5, 0.6) is 0 Å². The first-order chi connectivity index (χ1) is 58.4.